The quantitative estimate of drug-likeness (QED) is 0.652. The van der Waals surface area contributed by atoms with E-state index in [-0.39, 0.29) is 41.9 Å². The highest BCUT2D eigenvalue weighted by atomic mass is 16.4. The first-order chi connectivity index (χ1) is 12.6. The van der Waals surface area contributed by atoms with Gasteiger partial charge in [0.25, 0.3) is 0 Å². The Morgan fingerprint density at radius 3 is 2.46 bits per heavy atom. The average molecular weight is 350 g/mol. The zero-order valence-electron chi connectivity index (χ0n) is 14.0. The van der Waals surface area contributed by atoms with Crippen LogP contribution in [0.25, 0.3) is 10.9 Å². The van der Waals surface area contributed by atoms with Crippen molar-refractivity contribution in [2.75, 3.05) is 0 Å². The summed E-state index contributed by atoms with van der Waals surface area (Å²) >= 11 is 0. The molecular formula is C20H18N2O4. The number of aliphatic carboxylic acids is 1. The van der Waals surface area contributed by atoms with Crippen LogP contribution in [0.1, 0.15) is 12.0 Å². The largest absolute Gasteiger partial charge is 0.480 e. The molecule has 6 nitrogen and oxygen atoms in total. The Kier molecular flexibility index (Phi) is 3.13. The first-order valence-corrected chi connectivity index (χ1v) is 8.89. The number of H-pyrrole nitrogens is 1. The number of para-hydroxylation sites is 1. The summed E-state index contributed by atoms with van der Waals surface area (Å²) in [4.78, 5) is 42.0. The summed E-state index contributed by atoms with van der Waals surface area (Å²) < 4.78 is 0. The molecular weight excluding hydrogens is 332 g/mol. The van der Waals surface area contributed by atoms with E-state index in [0.717, 1.165) is 27.8 Å². The summed E-state index contributed by atoms with van der Waals surface area (Å²) in [6, 6.07) is 6.44. The third-order valence-electron chi connectivity index (χ3n) is 6.19. The minimum absolute atomic E-state index is 0.0778. The lowest BCUT2D eigenvalue weighted by Gasteiger charge is -2.24. The number of hydrogen-bond donors (Lipinski definition) is 2. The van der Waals surface area contributed by atoms with Crippen LogP contribution in [0.5, 0.6) is 0 Å². The van der Waals surface area contributed by atoms with Gasteiger partial charge >= 0.3 is 5.97 Å². The third-order valence-corrected chi connectivity index (χ3v) is 6.19. The average Bonchev–Trinajstić information content (AvgIpc) is 3.37. The number of carboxylic acid groups (broad SMARTS) is 1. The van der Waals surface area contributed by atoms with E-state index in [0.29, 0.717) is 0 Å². The lowest BCUT2D eigenvalue weighted by atomic mass is 9.85. The normalized spacial score (nSPS) is 30.4. The SMILES string of the molecule is O=C(O)[C@@H](Cc1c[nH]c2ccccc12)N1C(=O)[C@@H]2[C@H](C1=O)[C@H]1C=C[C@H]2C1. The number of carbonyl (C=O) groups is 3. The molecule has 0 radical (unpaired) electrons. The molecule has 2 fully saturated rings. The van der Waals surface area contributed by atoms with Crippen LogP contribution in [0.2, 0.25) is 0 Å². The molecule has 1 aromatic carbocycles. The van der Waals surface area contributed by atoms with E-state index < -0.39 is 12.0 Å². The molecule has 1 aliphatic heterocycles. The highest BCUT2D eigenvalue weighted by molar-refractivity contribution is 6.09. The van der Waals surface area contributed by atoms with Gasteiger partial charge in [-0.1, -0.05) is 30.4 Å². The van der Waals surface area contributed by atoms with Crippen molar-refractivity contribution in [3.8, 4) is 0 Å². The first kappa shape index (κ1) is 15.4. The Morgan fingerprint density at radius 1 is 1.15 bits per heavy atom. The maximum Gasteiger partial charge on any atom is 0.327 e. The van der Waals surface area contributed by atoms with Gasteiger partial charge in [-0.15, -0.1) is 0 Å². The molecule has 2 amide bonds. The molecule has 1 saturated carbocycles. The summed E-state index contributed by atoms with van der Waals surface area (Å²) in [7, 11) is 0. The molecule has 0 spiro atoms. The second-order valence-electron chi connectivity index (χ2n) is 7.46. The van der Waals surface area contributed by atoms with Crippen molar-refractivity contribution in [1.82, 2.24) is 9.88 Å². The summed E-state index contributed by atoms with van der Waals surface area (Å²) in [5.41, 5.74) is 1.71. The fraction of sp³-hybridized carbons (Fsp3) is 0.350. The number of fused-ring (bicyclic) bond motifs is 6. The van der Waals surface area contributed by atoms with Crippen LogP contribution < -0.4 is 0 Å². The van der Waals surface area contributed by atoms with Gasteiger partial charge in [0.1, 0.15) is 6.04 Å². The van der Waals surface area contributed by atoms with Crippen molar-refractivity contribution in [2.24, 2.45) is 23.7 Å². The fourth-order valence-electron chi connectivity index (χ4n) is 5.03. The van der Waals surface area contributed by atoms with Crippen molar-refractivity contribution in [1.29, 1.82) is 0 Å². The van der Waals surface area contributed by atoms with Gasteiger partial charge in [-0.3, -0.25) is 14.5 Å². The smallest absolute Gasteiger partial charge is 0.327 e. The van der Waals surface area contributed by atoms with Crippen molar-refractivity contribution >= 4 is 28.7 Å². The Labute approximate surface area is 149 Å². The van der Waals surface area contributed by atoms with Crippen LogP contribution in [-0.2, 0) is 20.8 Å². The number of hydrogen-bond acceptors (Lipinski definition) is 3. The van der Waals surface area contributed by atoms with Crippen LogP contribution in [-0.4, -0.2) is 38.8 Å². The molecule has 132 valence electrons. The van der Waals surface area contributed by atoms with Crippen LogP contribution >= 0.6 is 0 Å². The molecule has 1 saturated heterocycles. The van der Waals surface area contributed by atoms with E-state index in [1.54, 1.807) is 6.20 Å². The summed E-state index contributed by atoms with van der Waals surface area (Å²) in [5, 5.41) is 10.7. The van der Waals surface area contributed by atoms with E-state index in [1.807, 2.05) is 36.4 Å². The number of imide groups is 1. The van der Waals surface area contributed by atoms with E-state index in [9.17, 15) is 19.5 Å². The van der Waals surface area contributed by atoms with Gasteiger partial charge < -0.3 is 10.1 Å². The van der Waals surface area contributed by atoms with E-state index in [2.05, 4.69) is 4.98 Å². The number of carbonyl (C=O) groups excluding carboxylic acids is 2. The maximum absolute atomic E-state index is 12.9. The minimum Gasteiger partial charge on any atom is -0.480 e. The number of likely N-dealkylation sites (tertiary alicyclic amines) is 1. The number of benzene rings is 1. The molecule has 6 heteroatoms. The molecule has 2 aliphatic carbocycles. The monoisotopic (exact) mass is 350 g/mol. The molecule has 1 aromatic heterocycles. The van der Waals surface area contributed by atoms with Gasteiger partial charge in [-0.05, 0) is 29.9 Å². The Hall–Kier alpha value is -2.89. The van der Waals surface area contributed by atoms with Crippen LogP contribution in [0.4, 0.5) is 0 Å². The van der Waals surface area contributed by atoms with Crippen molar-refractivity contribution < 1.29 is 19.5 Å². The number of amides is 2. The lowest BCUT2D eigenvalue weighted by Crippen LogP contribution is -2.47. The molecule has 2 N–H and O–H groups in total. The summed E-state index contributed by atoms with van der Waals surface area (Å²) in [6.07, 6.45) is 6.73. The van der Waals surface area contributed by atoms with Crippen LogP contribution in [0.3, 0.4) is 0 Å². The molecule has 0 unspecified atom stereocenters. The van der Waals surface area contributed by atoms with Gasteiger partial charge in [0.15, 0.2) is 0 Å². The number of carboxylic acids is 1. The second kappa shape index (κ2) is 5.30. The second-order valence-corrected chi connectivity index (χ2v) is 7.46. The first-order valence-electron chi connectivity index (χ1n) is 8.89. The van der Waals surface area contributed by atoms with Crippen LogP contribution in [0.15, 0.2) is 42.6 Å². The lowest BCUT2D eigenvalue weighted by molar-refractivity contribution is -0.155. The number of allylic oxidation sites excluding steroid dienone is 2. The van der Waals surface area contributed by atoms with Gasteiger partial charge in [0.2, 0.25) is 11.8 Å². The summed E-state index contributed by atoms with van der Waals surface area (Å²) in [5.74, 6) is -2.36. The topological polar surface area (TPSA) is 90.5 Å². The maximum atomic E-state index is 12.9. The van der Waals surface area contributed by atoms with E-state index >= 15 is 0 Å². The zero-order valence-corrected chi connectivity index (χ0v) is 14.0. The predicted molar refractivity (Wildman–Crippen MR) is 93.0 cm³/mol. The molecule has 26 heavy (non-hydrogen) atoms. The number of nitrogens with one attached hydrogen (secondary N) is 1. The number of aromatic amines is 1. The van der Waals surface area contributed by atoms with Gasteiger partial charge in [0, 0.05) is 23.5 Å². The molecule has 3 aliphatic rings. The molecule has 5 atom stereocenters. The number of nitrogens with zero attached hydrogens (tertiary/aromatic N) is 1. The third kappa shape index (κ3) is 1.95. The standard InChI is InChI=1S/C20H18N2O4/c23-18-16-10-5-6-11(7-10)17(16)19(24)22(18)15(20(25)26)8-12-9-21-14-4-2-1-3-13(12)14/h1-6,9-11,15-17,21H,7-8H2,(H,25,26)/t10-,11-,15+,16-,17+/m0/s1. The highest BCUT2D eigenvalue weighted by Crippen LogP contribution is 2.53. The molecule has 2 bridgehead atoms. The molecule has 2 aromatic rings. The minimum atomic E-state index is -1.17. The highest BCUT2D eigenvalue weighted by Gasteiger charge is 2.61. The van der Waals surface area contributed by atoms with E-state index in [4.69, 9.17) is 0 Å². The van der Waals surface area contributed by atoms with Gasteiger partial charge in [-0.2, -0.15) is 0 Å². The Bertz CT molecular complexity index is 945. The number of rotatable bonds is 4. The fourth-order valence-corrected chi connectivity index (χ4v) is 5.03. The predicted octanol–water partition coefficient (Wildman–Crippen LogP) is 1.97. The van der Waals surface area contributed by atoms with Gasteiger partial charge in [0.05, 0.1) is 11.8 Å². The summed E-state index contributed by atoms with van der Waals surface area (Å²) in [6.45, 7) is 0. The van der Waals surface area contributed by atoms with Crippen LogP contribution in [0, 0.1) is 23.7 Å². The molecule has 5 rings (SSSR count). The van der Waals surface area contributed by atoms with Gasteiger partial charge in [-0.25, -0.2) is 4.79 Å². The van der Waals surface area contributed by atoms with Crippen molar-refractivity contribution in [3.63, 3.8) is 0 Å². The van der Waals surface area contributed by atoms with E-state index in [1.165, 1.54) is 0 Å². The molecule has 2 heterocycles. The van der Waals surface area contributed by atoms with Crippen molar-refractivity contribution in [3.05, 3.63) is 48.2 Å². The van der Waals surface area contributed by atoms with Crippen molar-refractivity contribution in [2.45, 2.75) is 18.9 Å². The zero-order chi connectivity index (χ0) is 18.0. The Balaban J connectivity index is 1.49. The number of aromatic nitrogens is 1. The Morgan fingerprint density at radius 2 is 1.81 bits per heavy atom.